The molecule has 0 unspecified atom stereocenters. The smallest absolute Gasteiger partial charge is 0.243 e. The fraction of sp³-hybridized carbons (Fsp3) is 0.556. The first-order valence-electron chi connectivity index (χ1n) is 9.13. The first-order chi connectivity index (χ1) is 12.4. The highest BCUT2D eigenvalue weighted by Crippen LogP contribution is 2.26. The van der Waals surface area contributed by atoms with Crippen molar-refractivity contribution in [3.63, 3.8) is 0 Å². The summed E-state index contributed by atoms with van der Waals surface area (Å²) >= 11 is 0. The number of aryl methyl sites for hydroxylation is 1. The van der Waals surface area contributed by atoms with Gasteiger partial charge >= 0.3 is 0 Å². The lowest BCUT2D eigenvalue weighted by Gasteiger charge is -2.26. The third-order valence-electron chi connectivity index (χ3n) is 4.68. The number of hydrogen-bond acceptors (Lipinski definition) is 5. The Morgan fingerprint density at radius 3 is 2.58 bits per heavy atom. The molecule has 1 N–H and O–H groups in total. The summed E-state index contributed by atoms with van der Waals surface area (Å²) in [6.07, 6.45) is 4.87. The molecule has 2 heterocycles. The van der Waals surface area contributed by atoms with Crippen LogP contribution in [0.15, 0.2) is 29.3 Å². The van der Waals surface area contributed by atoms with Gasteiger partial charge < -0.3 is 5.32 Å². The molecule has 142 valence electrons. The molecule has 1 aromatic heterocycles. The molecular weight excluding hydrogens is 350 g/mol. The molecule has 0 spiro atoms. The van der Waals surface area contributed by atoms with Crippen LogP contribution in [-0.4, -0.2) is 40.8 Å². The van der Waals surface area contributed by atoms with E-state index in [0.717, 1.165) is 36.2 Å². The number of aromatic nitrogens is 3. The van der Waals surface area contributed by atoms with Crippen molar-refractivity contribution in [2.45, 2.75) is 57.5 Å². The molecule has 0 aliphatic carbocycles. The zero-order chi connectivity index (χ0) is 18.7. The Balaban J connectivity index is 1.76. The SMILES string of the molecule is Cc1ccc(NCc2cn(C(C)C)nn2)cc1S(=O)(=O)N1CCCCC1. The molecule has 1 aliphatic heterocycles. The fourth-order valence-corrected chi connectivity index (χ4v) is 4.84. The Morgan fingerprint density at radius 1 is 1.19 bits per heavy atom. The van der Waals surface area contributed by atoms with Crippen LogP contribution in [0.4, 0.5) is 5.69 Å². The van der Waals surface area contributed by atoms with Gasteiger partial charge in [0.05, 0.1) is 17.6 Å². The van der Waals surface area contributed by atoms with Crippen LogP contribution in [0.25, 0.3) is 0 Å². The van der Waals surface area contributed by atoms with Crippen LogP contribution in [0.3, 0.4) is 0 Å². The Labute approximate surface area is 155 Å². The normalized spacial score (nSPS) is 16.2. The molecule has 26 heavy (non-hydrogen) atoms. The van der Waals surface area contributed by atoms with Crippen LogP contribution < -0.4 is 5.32 Å². The number of sulfonamides is 1. The number of hydrogen-bond donors (Lipinski definition) is 1. The highest BCUT2D eigenvalue weighted by Gasteiger charge is 2.27. The van der Waals surface area contributed by atoms with Crippen LogP contribution in [-0.2, 0) is 16.6 Å². The highest BCUT2D eigenvalue weighted by molar-refractivity contribution is 7.89. The van der Waals surface area contributed by atoms with Gasteiger partial charge in [-0.15, -0.1) is 5.10 Å². The van der Waals surface area contributed by atoms with Gasteiger partial charge in [0.15, 0.2) is 0 Å². The summed E-state index contributed by atoms with van der Waals surface area (Å²) in [5.74, 6) is 0. The summed E-state index contributed by atoms with van der Waals surface area (Å²) in [5.41, 5.74) is 2.36. The zero-order valence-electron chi connectivity index (χ0n) is 15.6. The van der Waals surface area contributed by atoms with E-state index in [1.807, 2.05) is 39.1 Å². The minimum absolute atomic E-state index is 0.261. The molecule has 0 amide bonds. The monoisotopic (exact) mass is 377 g/mol. The predicted molar refractivity (Wildman–Crippen MR) is 102 cm³/mol. The Bertz CT molecular complexity index is 854. The summed E-state index contributed by atoms with van der Waals surface area (Å²) in [4.78, 5) is 0.384. The van der Waals surface area contributed by atoms with Crippen molar-refractivity contribution in [3.05, 3.63) is 35.7 Å². The number of nitrogens with one attached hydrogen (secondary N) is 1. The van der Waals surface area contributed by atoms with Crippen molar-refractivity contribution in [1.82, 2.24) is 19.3 Å². The van der Waals surface area contributed by atoms with E-state index < -0.39 is 10.0 Å². The van der Waals surface area contributed by atoms with Gasteiger partial charge in [-0.05, 0) is 51.3 Å². The van der Waals surface area contributed by atoms with E-state index in [9.17, 15) is 8.42 Å². The van der Waals surface area contributed by atoms with E-state index in [-0.39, 0.29) is 6.04 Å². The zero-order valence-corrected chi connectivity index (χ0v) is 16.5. The second-order valence-corrected chi connectivity index (χ2v) is 8.99. The predicted octanol–water partition coefficient (Wildman–Crippen LogP) is 2.95. The highest BCUT2D eigenvalue weighted by atomic mass is 32.2. The average molecular weight is 378 g/mol. The molecule has 1 aliphatic rings. The molecule has 0 atom stereocenters. The molecule has 1 aromatic carbocycles. The van der Waals surface area contributed by atoms with Crippen LogP contribution >= 0.6 is 0 Å². The molecule has 3 rings (SSSR count). The van der Waals surface area contributed by atoms with Crippen molar-refractivity contribution in [2.75, 3.05) is 18.4 Å². The molecule has 7 nitrogen and oxygen atoms in total. The minimum Gasteiger partial charge on any atom is -0.379 e. The summed E-state index contributed by atoms with van der Waals surface area (Å²) in [7, 11) is -3.44. The number of rotatable bonds is 6. The van der Waals surface area contributed by atoms with Gasteiger partial charge in [-0.3, -0.25) is 0 Å². The van der Waals surface area contributed by atoms with Crippen LogP contribution in [0, 0.1) is 6.92 Å². The van der Waals surface area contributed by atoms with Crippen molar-refractivity contribution in [1.29, 1.82) is 0 Å². The van der Waals surface area contributed by atoms with E-state index in [0.29, 0.717) is 24.5 Å². The standard InChI is InChI=1S/C18H27N5O2S/c1-14(2)23-13-17(20-21-23)12-19-16-8-7-15(3)18(11-16)26(24,25)22-9-5-4-6-10-22/h7-8,11,13-14,19H,4-6,9-10,12H2,1-3H3. The third-order valence-corrected chi connectivity index (χ3v) is 6.72. The van der Waals surface area contributed by atoms with E-state index in [1.54, 1.807) is 15.1 Å². The summed E-state index contributed by atoms with van der Waals surface area (Å²) in [6, 6.07) is 5.74. The molecular formula is C18H27N5O2S. The number of piperidine rings is 1. The maximum absolute atomic E-state index is 13.0. The molecule has 1 fully saturated rings. The first-order valence-corrected chi connectivity index (χ1v) is 10.6. The first kappa shape index (κ1) is 18.8. The van der Waals surface area contributed by atoms with Crippen LogP contribution in [0.2, 0.25) is 0 Å². The Kier molecular flexibility index (Phi) is 5.62. The number of nitrogens with zero attached hydrogens (tertiary/aromatic N) is 4. The molecule has 2 aromatic rings. The summed E-state index contributed by atoms with van der Waals surface area (Å²) in [5, 5.41) is 11.5. The fourth-order valence-electron chi connectivity index (χ4n) is 3.07. The minimum atomic E-state index is -3.44. The van der Waals surface area contributed by atoms with Gasteiger partial charge in [0.1, 0.15) is 5.69 Å². The van der Waals surface area contributed by atoms with E-state index in [1.165, 1.54) is 0 Å². The Hall–Kier alpha value is -1.93. The van der Waals surface area contributed by atoms with Crippen molar-refractivity contribution < 1.29 is 8.42 Å². The number of anilines is 1. The maximum Gasteiger partial charge on any atom is 0.243 e. The molecule has 1 saturated heterocycles. The summed E-state index contributed by atoms with van der Waals surface area (Å²) < 4.78 is 29.4. The lowest BCUT2D eigenvalue weighted by Crippen LogP contribution is -2.36. The molecule has 0 bridgehead atoms. The van der Waals surface area contributed by atoms with Crippen LogP contribution in [0.1, 0.15) is 50.4 Å². The molecule has 0 saturated carbocycles. The van der Waals surface area contributed by atoms with Gasteiger partial charge in [0.2, 0.25) is 10.0 Å². The number of benzene rings is 1. The lowest BCUT2D eigenvalue weighted by atomic mass is 10.2. The van der Waals surface area contributed by atoms with Crippen molar-refractivity contribution >= 4 is 15.7 Å². The van der Waals surface area contributed by atoms with Gasteiger partial charge in [-0.2, -0.15) is 4.31 Å². The van der Waals surface area contributed by atoms with E-state index in [4.69, 9.17) is 0 Å². The second kappa shape index (κ2) is 7.75. The van der Waals surface area contributed by atoms with Gasteiger partial charge in [-0.25, -0.2) is 13.1 Å². The van der Waals surface area contributed by atoms with Gasteiger partial charge in [0, 0.05) is 24.8 Å². The lowest BCUT2D eigenvalue weighted by molar-refractivity contribution is 0.346. The molecule has 8 heteroatoms. The van der Waals surface area contributed by atoms with E-state index >= 15 is 0 Å². The Morgan fingerprint density at radius 2 is 1.92 bits per heavy atom. The summed E-state index contributed by atoms with van der Waals surface area (Å²) in [6.45, 7) is 7.65. The topological polar surface area (TPSA) is 80.1 Å². The largest absolute Gasteiger partial charge is 0.379 e. The van der Waals surface area contributed by atoms with Crippen molar-refractivity contribution in [2.24, 2.45) is 0 Å². The third kappa shape index (κ3) is 4.07. The molecule has 0 radical (unpaired) electrons. The average Bonchev–Trinajstić information content (AvgIpc) is 3.11. The quantitative estimate of drug-likeness (QED) is 0.837. The maximum atomic E-state index is 13.0. The van der Waals surface area contributed by atoms with E-state index in [2.05, 4.69) is 15.6 Å². The van der Waals surface area contributed by atoms with Crippen LogP contribution in [0.5, 0.6) is 0 Å². The van der Waals surface area contributed by atoms with Crippen molar-refractivity contribution in [3.8, 4) is 0 Å². The second-order valence-electron chi connectivity index (χ2n) is 7.08. The van der Waals surface area contributed by atoms with Gasteiger partial charge in [-0.1, -0.05) is 17.7 Å². The van der Waals surface area contributed by atoms with Gasteiger partial charge in [0.25, 0.3) is 0 Å².